The van der Waals surface area contributed by atoms with Crippen molar-refractivity contribution in [2.24, 2.45) is 0 Å². The molecule has 4 fully saturated rings. The van der Waals surface area contributed by atoms with Gasteiger partial charge in [0.15, 0.2) is 0 Å². The Labute approximate surface area is 234 Å². The molecule has 1 aliphatic heterocycles. The number of hydrogen-bond donors (Lipinski definition) is 0. The summed E-state index contributed by atoms with van der Waals surface area (Å²) in [7, 11) is 0.385. The third-order valence-corrected chi connectivity index (χ3v) is 14.2. The zero-order chi connectivity index (χ0) is 24.2. The van der Waals surface area contributed by atoms with E-state index < -0.39 is 0 Å². The lowest BCUT2D eigenvalue weighted by Crippen LogP contribution is -2.28. The van der Waals surface area contributed by atoms with Gasteiger partial charge in [0.05, 0.1) is 0 Å². The lowest BCUT2D eigenvalue weighted by Gasteiger charge is -2.44. The van der Waals surface area contributed by atoms with Crippen molar-refractivity contribution in [3.8, 4) is 0 Å². The molecule has 0 unspecified atom stereocenters. The van der Waals surface area contributed by atoms with Crippen LogP contribution >= 0.6 is 30.5 Å². The van der Waals surface area contributed by atoms with Crippen LogP contribution in [0.15, 0.2) is 12.1 Å². The lowest BCUT2D eigenvalue weighted by atomic mass is 9.99. The van der Waals surface area contributed by atoms with Crippen LogP contribution in [0.25, 0.3) is 0 Å². The standard InChI is InChI=1S/C18H33P.C9H11I.C4H8O.CH4/c1-4-10-16(11-5-1)19(17-12-6-2-7-13-17)18-14-8-3-9-15-18;1-6-4-7(2)9(10)8(3)5-6;1-2-4-5-3-1;/h16-18H,1-15H2;4-5H,1-3H3;1-4H2;1H4. The minimum absolute atomic E-state index is 0. The first-order valence-corrected chi connectivity index (χ1v) is 17.3. The van der Waals surface area contributed by atoms with Crippen molar-refractivity contribution < 1.29 is 4.74 Å². The lowest BCUT2D eigenvalue weighted by molar-refractivity contribution is 0.198. The van der Waals surface area contributed by atoms with E-state index in [0.29, 0.717) is 7.92 Å². The van der Waals surface area contributed by atoms with Crippen molar-refractivity contribution in [3.05, 3.63) is 32.4 Å². The summed E-state index contributed by atoms with van der Waals surface area (Å²) in [5.41, 5.74) is 7.70. The maximum Gasteiger partial charge on any atom is 0.0466 e. The third kappa shape index (κ3) is 10.9. The summed E-state index contributed by atoms with van der Waals surface area (Å²) in [6.45, 7) is 8.44. The van der Waals surface area contributed by atoms with Crippen LogP contribution < -0.4 is 0 Å². The van der Waals surface area contributed by atoms with E-state index in [0.717, 1.165) is 13.2 Å². The van der Waals surface area contributed by atoms with Gasteiger partial charge >= 0.3 is 0 Å². The third-order valence-electron chi connectivity index (χ3n) is 8.40. The van der Waals surface area contributed by atoms with Crippen LogP contribution in [0.4, 0.5) is 0 Å². The highest BCUT2D eigenvalue weighted by atomic mass is 127. The summed E-state index contributed by atoms with van der Waals surface area (Å²) < 4.78 is 6.34. The molecule has 1 saturated heterocycles. The van der Waals surface area contributed by atoms with E-state index in [9.17, 15) is 0 Å². The van der Waals surface area contributed by atoms with Crippen molar-refractivity contribution in [1.82, 2.24) is 0 Å². The maximum atomic E-state index is 4.94. The molecule has 1 aromatic carbocycles. The predicted octanol–water partition coefficient (Wildman–Crippen LogP) is 11.1. The normalized spacial score (nSPS) is 22.0. The number of rotatable bonds is 3. The Bertz CT molecular complexity index is 609. The van der Waals surface area contributed by atoms with Gasteiger partial charge in [-0.1, -0.05) is 90.8 Å². The zero-order valence-corrected chi connectivity index (χ0v) is 25.6. The quantitative estimate of drug-likeness (QED) is 0.243. The molecule has 4 aliphatic rings. The fourth-order valence-electron chi connectivity index (χ4n) is 6.70. The van der Waals surface area contributed by atoms with Gasteiger partial charge in [0, 0.05) is 16.8 Å². The molecule has 3 saturated carbocycles. The molecule has 0 atom stereocenters. The fraction of sp³-hybridized carbons (Fsp3) is 0.812. The minimum atomic E-state index is 0. The Morgan fingerprint density at radius 1 is 0.600 bits per heavy atom. The zero-order valence-electron chi connectivity index (χ0n) is 22.6. The first kappa shape index (κ1) is 31.6. The highest BCUT2D eigenvalue weighted by Crippen LogP contribution is 2.61. The first-order valence-electron chi connectivity index (χ1n) is 14.6. The molecule has 0 N–H and O–H groups in total. The molecule has 1 heterocycles. The van der Waals surface area contributed by atoms with Crippen molar-refractivity contribution in [1.29, 1.82) is 0 Å². The topological polar surface area (TPSA) is 9.23 Å². The van der Waals surface area contributed by atoms with Crippen LogP contribution in [0, 0.1) is 24.3 Å². The monoisotopic (exact) mass is 614 g/mol. The second-order valence-electron chi connectivity index (χ2n) is 11.4. The van der Waals surface area contributed by atoms with Crippen LogP contribution in [0.5, 0.6) is 0 Å². The van der Waals surface area contributed by atoms with Crippen LogP contribution in [0.1, 0.15) is 133 Å². The average Bonchev–Trinajstić information content (AvgIpc) is 3.46. The van der Waals surface area contributed by atoms with E-state index in [1.807, 2.05) is 0 Å². The second kappa shape index (κ2) is 17.8. The first-order chi connectivity index (χ1) is 16.6. The SMILES string of the molecule is C.C1CCC(P(C2CCCCC2)C2CCCCC2)CC1.C1CCOC1.Cc1cc(C)c(I)c(C)c1. The average molecular weight is 615 g/mol. The van der Waals surface area contributed by atoms with E-state index in [-0.39, 0.29) is 7.43 Å². The van der Waals surface area contributed by atoms with Gasteiger partial charge in [-0.25, -0.2) is 0 Å². The van der Waals surface area contributed by atoms with Gasteiger partial charge in [-0.2, -0.15) is 0 Å². The van der Waals surface area contributed by atoms with Gasteiger partial charge in [0.1, 0.15) is 0 Å². The van der Waals surface area contributed by atoms with Gasteiger partial charge in [-0.15, -0.1) is 0 Å². The van der Waals surface area contributed by atoms with Crippen LogP contribution in [-0.4, -0.2) is 30.2 Å². The Morgan fingerprint density at radius 3 is 1.23 bits per heavy atom. The molecule has 3 heteroatoms. The molecular weight excluding hydrogens is 558 g/mol. The minimum Gasteiger partial charge on any atom is -0.381 e. The van der Waals surface area contributed by atoms with Crippen molar-refractivity contribution in [2.75, 3.05) is 13.2 Å². The van der Waals surface area contributed by atoms with Gasteiger partial charge in [-0.05, 0) is 123 Å². The highest BCUT2D eigenvalue weighted by Gasteiger charge is 2.36. The summed E-state index contributed by atoms with van der Waals surface area (Å²) in [6.07, 6.45) is 26.2. The summed E-state index contributed by atoms with van der Waals surface area (Å²) in [5.74, 6) is 0. The number of hydrogen-bond acceptors (Lipinski definition) is 1. The molecular formula is C32H56IOP. The number of benzene rings is 1. The highest BCUT2D eigenvalue weighted by molar-refractivity contribution is 14.1. The van der Waals surface area contributed by atoms with E-state index >= 15 is 0 Å². The van der Waals surface area contributed by atoms with Crippen LogP contribution in [0.3, 0.4) is 0 Å². The summed E-state index contributed by atoms with van der Waals surface area (Å²) in [6, 6.07) is 4.43. The molecule has 0 radical (unpaired) electrons. The number of halogens is 1. The molecule has 0 bridgehead atoms. The van der Waals surface area contributed by atoms with Crippen molar-refractivity contribution in [3.63, 3.8) is 0 Å². The van der Waals surface area contributed by atoms with E-state index in [4.69, 9.17) is 4.74 Å². The Morgan fingerprint density at radius 2 is 0.943 bits per heavy atom. The number of aryl methyl sites for hydroxylation is 3. The number of ether oxygens (including phenoxy) is 1. The summed E-state index contributed by atoms with van der Waals surface area (Å²) in [4.78, 5) is 0. The van der Waals surface area contributed by atoms with E-state index in [1.165, 1.54) is 69.3 Å². The molecule has 202 valence electrons. The van der Waals surface area contributed by atoms with E-state index in [1.54, 1.807) is 77.0 Å². The van der Waals surface area contributed by atoms with Gasteiger partial charge in [-0.3, -0.25) is 0 Å². The summed E-state index contributed by atoms with van der Waals surface area (Å²) in [5, 5.41) is 0. The smallest absolute Gasteiger partial charge is 0.0466 e. The van der Waals surface area contributed by atoms with Gasteiger partial charge in [0.2, 0.25) is 0 Å². The molecule has 3 aliphatic carbocycles. The maximum absolute atomic E-state index is 4.94. The van der Waals surface area contributed by atoms with Crippen molar-refractivity contribution in [2.45, 2.75) is 154 Å². The Balaban J connectivity index is 0.000000225. The van der Waals surface area contributed by atoms with Crippen LogP contribution in [0.2, 0.25) is 0 Å². The molecule has 0 spiro atoms. The fourth-order valence-corrected chi connectivity index (χ4v) is 11.7. The largest absolute Gasteiger partial charge is 0.381 e. The van der Waals surface area contributed by atoms with E-state index in [2.05, 4.69) is 55.5 Å². The Hall–Kier alpha value is 0.340. The van der Waals surface area contributed by atoms with Gasteiger partial charge in [0.25, 0.3) is 0 Å². The molecule has 0 aromatic heterocycles. The summed E-state index contributed by atoms with van der Waals surface area (Å²) >= 11 is 2.39. The predicted molar refractivity (Wildman–Crippen MR) is 168 cm³/mol. The molecule has 1 aromatic rings. The van der Waals surface area contributed by atoms with Crippen LogP contribution in [-0.2, 0) is 4.74 Å². The molecule has 0 amide bonds. The molecule has 1 nitrogen and oxygen atoms in total. The molecule has 5 rings (SSSR count). The van der Waals surface area contributed by atoms with Gasteiger partial charge < -0.3 is 4.74 Å². The second-order valence-corrected chi connectivity index (χ2v) is 15.5. The van der Waals surface area contributed by atoms with Crippen molar-refractivity contribution >= 4 is 30.5 Å². The Kier molecular flexibility index (Phi) is 16.0. The molecule has 35 heavy (non-hydrogen) atoms.